The zero-order chi connectivity index (χ0) is 12.9. The lowest BCUT2D eigenvalue weighted by molar-refractivity contribution is -0.114. The summed E-state index contributed by atoms with van der Waals surface area (Å²) in [6.45, 7) is 0. The number of fused-ring (bicyclic) bond motifs is 2. The molecule has 0 bridgehead atoms. The fraction of sp³-hybridized carbons (Fsp3) is 0. The van der Waals surface area contributed by atoms with E-state index in [0.717, 1.165) is 5.39 Å². The van der Waals surface area contributed by atoms with Crippen LogP contribution in [0.15, 0.2) is 36.1 Å². The van der Waals surface area contributed by atoms with Gasteiger partial charge in [-0.15, -0.1) is 0 Å². The van der Waals surface area contributed by atoms with E-state index in [1.165, 1.54) is 18.2 Å². The normalized spacial score (nSPS) is 14.6. The molecule has 2 aromatic carbocycles. The molecule has 1 aliphatic rings. The molecular weight excluding hydrogens is 232 g/mol. The van der Waals surface area contributed by atoms with Gasteiger partial charge in [0.2, 0.25) is 5.78 Å². The average Bonchev–Trinajstić information content (AvgIpc) is 2.35. The average molecular weight is 240 g/mol. The topological polar surface area (TPSA) is 74.6 Å². The molecule has 4 heteroatoms. The van der Waals surface area contributed by atoms with E-state index in [1.54, 1.807) is 18.2 Å². The molecule has 2 N–H and O–H groups in total. The summed E-state index contributed by atoms with van der Waals surface area (Å²) in [7, 11) is 0. The van der Waals surface area contributed by atoms with Crippen LogP contribution in [0.3, 0.4) is 0 Å². The summed E-state index contributed by atoms with van der Waals surface area (Å²) in [6, 6.07) is 8.11. The minimum atomic E-state index is -0.919. The molecule has 1 aliphatic carbocycles. The van der Waals surface area contributed by atoms with Crippen molar-refractivity contribution in [2.45, 2.75) is 0 Å². The maximum Gasteiger partial charge on any atom is 0.267 e. The summed E-state index contributed by atoms with van der Waals surface area (Å²) in [5.41, 5.74) is 0.682. The van der Waals surface area contributed by atoms with Gasteiger partial charge in [0, 0.05) is 10.9 Å². The molecule has 0 atom stereocenters. The molecule has 0 fully saturated rings. The zero-order valence-electron chi connectivity index (χ0n) is 9.18. The Kier molecular flexibility index (Phi) is 2.01. The molecule has 18 heavy (non-hydrogen) atoms. The number of allylic oxidation sites excluding steroid dienone is 1. The van der Waals surface area contributed by atoms with Crippen LogP contribution in [0, 0.1) is 0 Å². The molecule has 0 amide bonds. The van der Waals surface area contributed by atoms with Crippen LogP contribution in [0.2, 0.25) is 0 Å². The molecule has 0 spiro atoms. The summed E-state index contributed by atoms with van der Waals surface area (Å²) in [5, 5.41) is 20.3. The van der Waals surface area contributed by atoms with Crippen LogP contribution in [-0.2, 0) is 4.79 Å². The lowest BCUT2D eigenvalue weighted by Crippen LogP contribution is -2.21. The molecule has 4 nitrogen and oxygen atoms in total. The van der Waals surface area contributed by atoms with Gasteiger partial charge in [-0.1, -0.05) is 12.1 Å². The van der Waals surface area contributed by atoms with Gasteiger partial charge in [0.15, 0.2) is 5.76 Å². The highest BCUT2D eigenvalue weighted by Gasteiger charge is 2.27. The van der Waals surface area contributed by atoms with E-state index in [2.05, 4.69) is 0 Å². The molecule has 0 saturated carbocycles. The van der Waals surface area contributed by atoms with Crippen molar-refractivity contribution >= 4 is 28.4 Å². The van der Waals surface area contributed by atoms with E-state index < -0.39 is 17.3 Å². The van der Waals surface area contributed by atoms with Crippen molar-refractivity contribution in [1.82, 2.24) is 0 Å². The van der Waals surface area contributed by atoms with Crippen molar-refractivity contribution in [2.24, 2.45) is 0 Å². The number of aliphatic hydroxyl groups is 1. The minimum absolute atomic E-state index is 0.0503. The Bertz CT molecular complexity index is 741. The van der Waals surface area contributed by atoms with Crippen molar-refractivity contribution in [2.75, 3.05) is 0 Å². The van der Waals surface area contributed by atoms with Crippen molar-refractivity contribution in [3.8, 4) is 5.75 Å². The van der Waals surface area contributed by atoms with Crippen molar-refractivity contribution < 1.29 is 19.8 Å². The Morgan fingerprint density at radius 2 is 1.72 bits per heavy atom. The van der Waals surface area contributed by atoms with Gasteiger partial charge in [-0.2, -0.15) is 0 Å². The molecular formula is C14H8O4. The third kappa shape index (κ3) is 1.32. The fourth-order valence-corrected chi connectivity index (χ4v) is 2.09. The molecule has 2 aromatic rings. The second kappa shape index (κ2) is 3.43. The number of hydrogen-bond acceptors (Lipinski definition) is 4. The van der Waals surface area contributed by atoms with Crippen LogP contribution in [0.4, 0.5) is 0 Å². The van der Waals surface area contributed by atoms with Crippen LogP contribution in [0.25, 0.3) is 16.8 Å². The first-order valence-corrected chi connectivity index (χ1v) is 5.33. The van der Waals surface area contributed by atoms with Gasteiger partial charge >= 0.3 is 0 Å². The zero-order valence-corrected chi connectivity index (χ0v) is 9.18. The number of carbonyl (C=O) groups excluding carboxylic acids is 2. The summed E-state index contributed by atoms with van der Waals surface area (Å²) in [5.74, 6) is -2.17. The lowest BCUT2D eigenvalue weighted by atomic mass is 9.91. The number of phenolic OH excluding ortho intramolecular Hbond substituents is 1. The van der Waals surface area contributed by atoms with Gasteiger partial charge in [-0.05, 0) is 35.2 Å². The van der Waals surface area contributed by atoms with Crippen LogP contribution in [0.5, 0.6) is 5.75 Å². The van der Waals surface area contributed by atoms with Gasteiger partial charge in [-0.3, -0.25) is 9.59 Å². The highest BCUT2D eigenvalue weighted by molar-refractivity contribution is 6.51. The number of hydrogen-bond donors (Lipinski definition) is 2. The number of rotatable bonds is 0. The summed E-state index contributed by atoms with van der Waals surface area (Å²) in [4.78, 5) is 23.1. The van der Waals surface area contributed by atoms with E-state index in [1.807, 2.05) is 0 Å². The number of aliphatic hydroxyl groups excluding tert-OH is 1. The van der Waals surface area contributed by atoms with Crippen molar-refractivity contribution in [3.05, 3.63) is 47.2 Å². The van der Waals surface area contributed by atoms with Gasteiger partial charge in [0.05, 0.1) is 0 Å². The Labute approximate surface area is 102 Å². The molecule has 0 aromatic heterocycles. The third-order valence-electron chi connectivity index (χ3n) is 3.00. The van der Waals surface area contributed by atoms with Gasteiger partial charge in [0.25, 0.3) is 5.78 Å². The first-order chi connectivity index (χ1) is 8.58. The molecule has 0 unspecified atom stereocenters. The molecule has 0 heterocycles. The predicted octanol–water partition coefficient (Wildman–Crippen LogP) is 2.21. The van der Waals surface area contributed by atoms with Gasteiger partial charge < -0.3 is 10.2 Å². The van der Waals surface area contributed by atoms with Crippen LogP contribution < -0.4 is 0 Å². The van der Waals surface area contributed by atoms with E-state index in [4.69, 9.17) is 0 Å². The smallest absolute Gasteiger partial charge is 0.267 e. The fourth-order valence-electron chi connectivity index (χ4n) is 2.09. The molecule has 3 rings (SSSR count). The molecule has 0 saturated heterocycles. The Morgan fingerprint density at radius 3 is 2.50 bits per heavy atom. The minimum Gasteiger partial charge on any atom is -0.507 e. The van der Waals surface area contributed by atoms with E-state index in [-0.39, 0.29) is 11.3 Å². The van der Waals surface area contributed by atoms with Crippen LogP contribution in [-0.4, -0.2) is 21.8 Å². The quantitative estimate of drug-likeness (QED) is 0.692. The second-order valence-electron chi connectivity index (χ2n) is 4.13. The molecule has 0 radical (unpaired) electrons. The van der Waals surface area contributed by atoms with Crippen molar-refractivity contribution in [1.29, 1.82) is 0 Å². The standard InChI is InChI=1S/C14H8O4/c15-11-3-1-2-7-4-8-5-12(16)14(18)13(17)10(8)6-9(7)11/h1-6,15-16H. The number of ketones is 2. The molecule has 0 aliphatic heterocycles. The first-order valence-electron chi connectivity index (χ1n) is 5.33. The van der Waals surface area contributed by atoms with Gasteiger partial charge in [-0.25, -0.2) is 0 Å². The highest BCUT2D eigenvalue weighted by Crippen LogP contribution is 2.30. The van der Waals surface area contributed by atoms with E-state index in [9.17, 15) is 19.8 Å². The van der Waals surface area contributed by atoms with Crippen LogP contribution in [0.1, 0.15) is 15.9 Å². The van der Waals surface area contributed by atoms with E-state index in [0.29, 0.717) is 10.9 Å². The number of Topliss-reactive ketones (excluding diaryl/α,β-unsaturated/α-hetero) is 2. The monoisotopic (exact) mass is 240 g/mol. The third-order valence-corrected chi connectivity index (χ3v) is 3.00. The Balaban J connectivity index is 2.40. The molecule has 88 valence electrons. The number of carbonyl (C=O) groups is 2. The maximum atomic E-state index is 11.7. The number of benzene rings is 2. The summed E-state index contributed by atoms with van der Waals surface area (Å²) < 4.78 is 0. The number of phenols is 1. The second-order valence-corrected chi connectivity index (χ2v) is 4.13. The van der Waals surface area contributed by atoms with E-state index >= 15 is 0 Å². The van der Waals surface area contributed by atoms with Crippen LogP contribution >= 0.6 is 0 Å². The lowest BCUT2D eigenvalue weighted by Gasteiger charge is -2.12. The number of aromatic hydroxyl groups is 1. The van der Waals surface area contributed by atoms with Gasteiger partial charge in [0.1, 0.15) is 5.75 Å². The Hall–Kier alpha value is -2.62. The Morgan fingerprint density at radius 1 is 0.944 bits per heavy atom. The van der Waals surface area contributed by atoms with Crippen molar-refractivity contribution in [3.63, 3.8) is 0 Å². The SMILES string of the molecule is O=C1C(=O)c2cc3c(O)cccc3cc2C=C1O. The first kappa shape index (κ1) is 10.5. The highest BCUT2D eigenvalue weighted by atomic mass is 16.3. The largest absolute Gasteiger partial charge is 0.507 e. The summed E-state index contributed by atoms with van der Waals surface area (Å²) >= 11 is 0. The maximum absolute atomic E-state index is 11.7. The summed E-state index contributed by atoms with van der Waals surface area (Å²) in [6.07, 6.45) is 1.27. The predicted molar refractivity (Wildman–Crippen MR) is 65.6 cm³/mol.